The molecule has 5 nitrogen and oxygen atoms in total. The van der Waals surface area contributed by atoms with Crippen molar-refractivity contribution in [2.45, 2.75) is 44.4 Å². The third kappa shape index (κ3) is 3.45. The Morgan fingerprint density at radius 1 is 1.42 bits per heavy atom. The summed E-state index contributed by atoms with van der Waals surface area (Å²) in [5.74, 6) is 0.834. The normalized spacial score (nSPS) is 23.6. The summed E-state index contributed by atoms with van der Waals surface area (Å²) in [6.45, 7) is 5.96. The Hall–Kier alpha value is -1.50. The van der Waals surface area contributed by atoms with E-state index in [9.17, 15) is 0 Å². The topological polar surface area (TPSA) is 47.5 Å². The van der Waals surface area contributed by atoms with Gasteiger partial charge in [0.05, 0.1) is 29.6 Å². The Bertz CT molecular complexity index is 668. The predicted octanol–water partition coefficient (Wildman–Crippen LogP) is 3.05. The zero-order valence-electron chi connectivity index (χ0n) is 14.0. The van der Waals surface area contributed by atoms with Crippen LogP contribution in [0.5, 0.6) is 5.75 Å². The molecule has 4 rings (SSSR count). The van der Waals surface area contributed by atoms with Crippen LogP contribution >= 0.6 is 11.3 Å². The van der Waals surface area contributed by atoms with Crippen LogP contribution in [0, 0.1) is 6.92 Å². The van der Waals surface area contributed by atoms with Crippen LogP contribution in [0.15, 0.2) is 30.0 Å². The fourth-order valence-corrected chi connectivity index (χ4v) is 4.45. The second kappa shape index (κ2) is 6.78. The minimum atomic E-state index is 0.00607. The summed E-state index contributed by atoms with van der Waals surface area (Å²) in [5, 5.41) is 0. The number of pyridine rings is 1. The molecule has 2 aromatic rings. The zero-order valence-corrected chi connectivity index (χ0v) is 14.8. The first-order valence-corrected chi connectivity index (χ1v) is 9.42. The minimum Gasteiger partial charge on any atom is -0.486 e. The van der Waals surface area contributed by atoms with Crippen molar-refractivity contribution in [3.63, 3.8) is 0 Å². The first kappa shape index (κ1) is 16.0. The summed E-state index contributed by atoms with van der Waals surface area (Å²) in [6, 6.07) is 3.86. The van der Waals surface area contributed by atoms with Crippen molar-refractivity contribution in [2.75, 3.05) is 19.7 Å². The molecule has 2 saturated heterocycles. The van der Waals surface area contributed by atoms with E-state index in [1.165, 1.54) is 10.6 Å². The molecule has 0 saturated carbocycles. The van der Waals surface area contributed by atoms with Gasteiger partial charge in [-0.3, -0.25) is 9.88 Å². The van der Waals surface area contributed by atoms with E-state index < -0.39 is 0 Å². The number of hydrogen-bond donors (Lipinski definition) is 0. The lowest BCUT2D eigenvalue weighted by Gasteiger charge is -2.38. The van der Waals surface area contributed by atoms with Crippen LogP contribution in [0.3, 0.4) is 0 Å². The number of aryl methyl sites for hydroxylation is 1. The van der Waals surface area contributed by atoms with Gasteiger partial charge in [-0.1, -0.05) is 0 Å². The van der Waals surface area contributed by atoms with Crippen molar-refractivity contribution in [2.24, 2.45) is 0 Å². The van der Waals surface area contributed by atoms with Gasteiger partial charge in [-0.25, -0.2) is 4.98 Å². The largest absolute Gasteiger partial charge is 0.486 e. The van der Waals surface area contributed by atoms with Crippen molar-refractivity contribution in [1.29, 1.82) is 0 Å². The highest BCUT2D eigenvalue weighted by atomic mass is 32.1. The van der Waals surface area contributed by atoms with Gasteiger partial charge in [-0.2, -0.15) is 0 Å². The summed E-state index contributed by atoms with van der Waals surface area (Å²) >= 11 is 1.76. The predicted molar refractivity (Wildman–Crippen MR) is 93.3 cm³/mol. The molecule has 0 aliphatic carbocycles. The third-order valence-electron chi connectivity index (χ3n) is 5.09. The monoisotopic (exact) mass is 345 g/mol. The van der Waals surface area contributed by atoms with Gasteiger partial charge < -0.3 is 9.47 Å². The first-order valence-electron chi connectivity index (χ1n) is 8.54. The highest BCUT2D eigenvalue weighted by Crippen LogP contribution is 2.37. The molecule has 0 amide bonds. The Morgan fingerprint density at radius 3 is 3.00 bits per heavy atom. The van der Waals surface area contributed by atoms with Crippen LogP contribution in [0.2, 0.25) is 0 Å². The fourth-order valence-electron chi connectivity index (χ4n) is 3.64. The lowest BCUT2D eigenvalue weighted by Crippen LogP contribution is -2.44. The van der Waals surface area contributed by atoms with Crippen molar-refractivity contribution < 1.29 is 9.47 Å². The van der Waals surface area contributed by atoms with E-state index in [2.05, 4.69) is 21.8 Å². The van der Waals surface area contributed by atoms with E-state index in [0.29, 0.717) is 6.61 Å². The second-order valence-electron chi connectivity index (χ2n) is 6.76. The molecule has 0 aromatic carbocycles. The van der Waals surface area contributed by atoms with E-state index in [1.54, 1.807) is 23.7 Å². The van der Waals surface area contributed by atoms with E-state index in [1.807, 2.05) is 17.6 Å². The summed E-state index contributed by atoms with van der Waals surface area (Å²) in [5.41, 5.74) is 3.12. The first-order chi connectivity index (χ1) is 11.7. The molecule has 1 atom stereocenters. The fraction of sp³-hybridized carbons (Fsp3) is 0.556. The molecule has 0 radical (unpaired) electrons. The smallest absolute Gasteiger partial charge is 0.138 e. The van der Waals surface area contributed by atoms with Crippen LogP contribution in [0.25, 0.3) is 0 Å². The number of thiazole rings is 1. The van der Waals surface area contributed by atoms with Gasteiger partial charge in [0.25, 0.3) is 0 Å². The van der Waals surface area contributed by atoms with Gasteiger partial charge in [0, 0.05) is 37.1 Å². The Morgan fingerprint density at radius 2 is 2.29 bits per heavy atom. The van der Waals surface area contributed by atoms with Crippen molar-refractivity contribution in [3.8, 4) is 5.75 Å². The number of ether oxygens (including phenoxy) is 2. The number of likely N-dealkylation sites (tertiary alicyclic amines) is 1. The molecule has 24 heavy (non-hydrogen) atoms. The van der Waals surface area contributed by atoms with Crippen molar-refractivity contribution in [3.05, 3.63) is 40.6 Å². The third-order valence-corrected chi connectivity index (χ3v) is 6.01. The Labute approximate surface area is 146 Å². The maximum absolute atomic E-state index is 6.19. The lowest BCUT2D eigenvalue weighted by molar-refractivity contribution is -0.0453. The van der Waals surface area contributed by atoms with Gasteiger partial charge in [-0.05, 0) is 31.9 Å². The molecule has 0 N–H and O–H groups in total. The highest BCUT2D eigenvalue weighted by Gasteiger charge is 2.43. The molecule has 2 aliphatic heterocycles. The summed E-state index contributed by atoms with van der Waals surface area (Å²) < 4.78 is 12.2. The Kier molecular flexibility index (Phi) is 4.52. The van der Waals surface area contributed by atoms with E-state index >= 15 is 0 Å². The van der Waals surface area contributed by atoms with Gasteiger partial charge >= 0.3 is 0 Å². The molecule has 4 heterocycles. The standard InChI is InChI=1S/C18H23N3O2S/c1-14-17(24-13-20-14)11-21-7-4-18(5-8-21)9-16(12-22-18)23-15-3-2-6-19-10-15/h2-3,6,10,13,16H,4-5,7-9,11-12H2,1H3/t16-/m1/s1. The molecular weight excluding hydrogens is 322 g/mol. The van der Waals surface area contributed by atoms with Crippen LogP contribution in [0.4, 0.5) is 0 Å². The van der Waals surface area contributed by atoms with Crippen molar-refractivity contribution in [1.82, 2.24) is 14.9 Å². The van der Waals surface area contributed by atoms with Gasteiger partial charge in [-0.15, -0.1) is 11.3 Å². The molecule has 2 aromatic heterocycles. The zero-order chi connectivity index (χ0) is 16.4. The molecule has 2 fully saturated rings. The number of aromatic nitrogens is 2. The summed E-state index contributed by atoms with van der Waals surface area (Å²) in [4.78, 5) is 12.4. The molecule has 0 bridgehead atoms. The highest BCUT2D eigenvalue weighted by molar-refractivity contribution is 7.09. The van der Waals surface area contributed by atoms with Gasteiger partial charge in [0.2, 0.25) is 0 Å². The summed E-state index contributed by atoms with van der Waals surface area (Å²) in [7, 11) is 0. The summed E-state index contributed by atoms with van der Waals surface area (Å²) in [6.07, 6.45) is 6.82. The lowest BCUT2D eigenvalue weighted by atomic mass is 9.88. The number of nitrogens with zero attached hydrogens (tertiary/aromatic N) is 3. The Balaban J connectivity index is 1.30. The minimum absolute atomic E-state index is 0.00607. The molecular formula is C18H23N3O2S. The second-order valence-corrected chi connectivity index (χ2v) is 7.70. The molecule has 128 valence electrons. The average Bonchev–Trinajstić information content (AvgIpc) is 3.18. The van der Waals surface area contributed by atoms with E-state index in [-0.39, 0.29) is 11.7 Å². The molecule has 6 heteroatoms. The van der Waals surface area contributed by atoms with Gasteiger partial charge in [0.1, 0.15) is 11.9 Å². The SMILES string of the molecule is Cc1ncsc1CN1CCC2(CC1)C[C@@H](Oc1cccnc1)CO2. The van der Waals surface area contributed by atoms with E-state index in [4.69, 9.17) is 9.47 Å². The maximum atomic E-state index is 6.19. The molecule has 2 aliphatic rings. The van der Waals surface area contributed by atoms with E-state index in [0.717, 1.165) is 44.6 Å². The van der Waals surface area contributed by atoms with Crippen molar-refractivity contribution >= 4 is 11.3 Å². The number of piperidine rings is 1. The van der Waals surface area contributed by atoms with Crippen LogP contribution in [0.1, 0.15) is 29.8 Å². The van der Waals surface area contributed by atoms with Crippen LogP contribution in [-0.2, 0) is 11.3 Å². The maximum Gasteiger partial charge on any atom is 0.138 e. The number of rotatable bonds is 4. The molecule has 1 spiro atoms. The van der Waals surface area contributed by atoms with Gasteiger partial charge in [0.15, 0.2) is 0 Å². The van der Waals surface area contributed by atoms with Crippen LogP contribution in [-0.4, -0.2) is 46.3 Å². The number of hydrogen-bond acceptors (Lipinski definition) is 6. The average molecular weight is 345 g/mol. The molecule has 0 unspecified atom stereocenters. The van der Waals surface area contributed by atoms with Crippen LogP contribution < -0.4 is 4.74 Å². The quantitative estimate of drug-likeness (QED) is 0.852.